The van der Waals surface area contributed by atoms with Crippen LogP contribution in [0, 0.1) is 0 Å². The van der Waals surface area contributed by atoms with E-state index in [4.69, 9.17) is 5.11 Å². The molecule has 1 saturated carbocycles. The summed E-state index contributed by atoms with van der Waals surface area (Å²) in [6.45, 7) is 7.54. The van der Waals surface area contributed by atoms with Gasteiger partial charge < -0.3 is 15.3 Å². The molecule has 126 valence electrons. The van der Waals surface area contributed by atoms with Crippen LogP contribution < -0.4 is 5.32 Å². The first-order valence-corrected chi connectivity index (χ1v) is 8.83. The van der Waals surface area contributed by atoms with Crippen molar-refractivity contribution in [2.24, 2.45) is 0 Å². The number of aliphatic hydroxyl groups excluding tert-OH is 1. The van der Waals surface area contributed by atoms with Crippen molar-refractivity contribution in [3.05, 3.63) is 0 Å². The van der Waals surface area contributed by atoms with Gasteiger partial charge in [-0.3, -0.25) is 14.6 Å². The van der Waals surface area contributed by atoms with Gasteiger partial charge in [-0.15, -0.1) is 0 Å². The molecule has 0 unspecified atom stereocenters. The normalized spacial score (nSPS) is 26.2. The highest BCUT2D eigenvalue weighted by Crippen LogP contribution is 2.29. The number of nitrogens with one attached hydrogen (secondary N) is 1. The van der Waals surface area contributed by atoms with Crippen molar-refractivity contribution in [1.29, 1.82) is 0 Å². The van der Waals surface area contributed by atoms with Crippen LogP contribution in [0.15, 0.2) is 0 Å². The first kappa shape index (κ1) is 16.2. The maximum absolute atomic E-state index is 12.2. The molecule has 3 fully saturated rings. The summed E-state index contributed by atoms with van der Waals surface area (Å²) in [5, 5.41) is 12.2. The summed E-state index contributed by atoms with van der Waals surface area (Å²) in [7, 11) is 0. The van der Waals surface area contributed by atoms with E-state index >= 15 is 0 Å². The molecule has 0 spiro atoms. The third kappa shape index (κ3) is 4.65. The number of carbonyl (C=O) groups is 1. The van der Waals surface area contributed by atoms with E-state index in [9.17, 15) is 4.79 Å². The van der Waals surface area contributed by atoms with Crippen molar-refractivity contribution >= 4 is 5.91 Å². The number of piperidine rings is 1. The van der Waals surface area contributed by atoms with Gasteiger partial charge in [0, 0.05) is 57.9 Å². The quantitative estimate of drug-likeness (QED) is 0.682. The SMILES string of the molecule is O=C(CN1CCN(CCO)CC1)NC1CCN(C2CC2)CC1. The van der Waals surface area contributed by atoms with Crippen molar-refractivity contribution in [2.75, 3.05) is 59.0 Å². The zero-order valence-corrected chi connectivity index (χ0v) is 13.5. The minimum absolute atomic E-state index is 0.181. The van der Waals surface area contributed by atoms with Gasteiger partial charge in [0.2, 0.25) is 5.91 Å². The molecular weight excluding hydrogens is 280 g/mol. The molecule has 6 heteroatoms. The van der Waals surface area contributed by atoms with Gasteiger partial charge in [-0.05, 0) is 25.7 Å². The molecule has 0 aromatic carbocycles. The molecule has 3 aliphatic rings. The fourth-order valence-corrected chi connectivity index (χ4v) is 3.64. The number of hydrogen-bond donors (Lipinski definition) is 2. The Morgan fingerprint density at radius 2 is 1.59 bits per heavy atom. The van der Waals surface area contributed by atoms with Crippen LogP contribution in [0.25, 0.3) is 0 Å². The second-order valence-electron chi connectivity index (χ2n) is 6.95. The predicted molar refractivity (Wildman–Crippen MR) is 85.7 cm³/mol. The Bertz CT molecular complexity index is 359. The third-order valence-corrected chi connectivity index (χ3v) is 5.21. The molecule has 1 amide bonds. The third-order valence-electron chi connectivity index (χ3n) is 5.21. The van der Waals surface area contributed by atoms with E-state index in [-0.39, 0.29) is 12.5 Å². The zero-order valence-electron chi connectivity index (χ0n) is 13.5. The lowest BCUT2D eigenvalue weighted by atomic mass is 10.0. The van der Waals surface area contributed by atoms with Crippen LogP contribution in [-0.2, 0) is 4.79 Å². The summed E-state index contributed by atoms with van der Waals surface area (Å²) in [6.07, 6.45) is 4.96. The summed E-state index contributed by atoms with van der Waals surface area (Å²) in [5.74, 6) is 0.181. The Hall–Kier alpha value is -0.690. The van der Waals surface area contributed by atoms with Gasteiger partial charge in [0.15, 0.2) is 0 Å². The van der Waals surface area contributed by atoms with Crippen LogP contribution in [0.2, 0.25) is 0 Å². The van der Waals surface area contributed by atoms with Crippen LogP contribution in [0.4, 0.5) is 0 Å². The maximum Gasteiger partial charge on any atom is 0.234 e. The number of β-amino-alcohol motifs (C(OH)–C–C–N with tert-alkyl or cyclic N) is 1. The average molecular weight is 310 g/mol. The van der Waals surface area contributed by atoms with Gasteiger partial charge >= 0.3 is 0 Å². The van der Waals surface area contributed by atoms with E-state index in [0.717, 1.165) is 64.7 Å². The van der Waals surface area contributed by atoms with Gasteiger partial charge in [-0.25, -0.2) is 0 Å². The summed E-state index contributed by atoms with van der Waals surface area (Å²) in [5.41, 5.74) is 0. The second kappa shape index (κ2) is 7.73. The lowest BCUT2D eigenvalue weighted by molar-refractivity contribution is -0.123. The Morgan fingerprint density at radius 3 is 2.18 bits per heavy atom. The monoisotopic (exact) mass is 310 g/mol. The number of aliphatic hydroxyl groups is 1. The molecule has 2 N–H and O–H groups in total. The molecule has 1 aliphatic carbocycles. The molecule has 2 aliphatic heterocycles. The van der Waals surface area contributed by atoms with Gasteiger partial charge in [0.25, 0.3) is 0 Å². The lowest BCUT2D eigenvalue weighted by Gasteiger charge is -2.35. The van der Waals surface area contributed by atoms with Crippen molar-refractivity contribution in [3.63, 3.8) is 0 Å². The number of carbonyl (C=O) groups excluding carboxylic acids is 1. The number of likely N-dealkylation sites (tertiary alicyclic amines) is 1. The summed E-state index contributed by atoms with van der Waals surface area (Å²) < 4.78 is 0. The van der Waals surface area contributed by atoms with E-state index < -0.39 is 0 Å². The van der Waals surface area contributed by atoms with Gasteiger partial charge in [0.1, 0.15) is 0 Å². The standard InChI is InChI=1S/C16H30N4O2/c21-12-11-18-7-9-19(10-8-18)13-16(22)17-14-3-5-20(6-4-14)15-1-2-15/h14-15,21H,1-13H2,(H,17,22). The molecule has 2 saturated heterocycles. The van der Waals surface area contributed by atoms with Crippen LogP contribution in [0.1, 0.15) is 25.7 Å². The van der Waals surface area contributed by atoms with Crippen molar-refractivity contribution < 1.29 is 9.90 Å². The van der Waals surface area contributed by atoms with E-state index in [2.05, 4.69) is 20.0 Å². The minimum Gasteiger partial charge on any atom is -0.395 e. The van der Waals surface area contributed by atoms with Crippen LogP contribution in [-0.4, -0.2) is 96.8 Å². The largest absolute Gasteiger partial charge is 0.395 e. The van der Waals surface area contributed by atoms with Gasteiger partial charge in [0.05, 0.1) is 13.2 Å². The highest BCUT2D eigenvalue weighted by atomic mass is 16.3. The van der Waals surface area contributed by atoms with Crippen molar-refractivity contribution in [1.82, 2.24) is 20.0 Å². The van der Waals surface area contributed by atoms with Crippen molar-refractivity contribution in [3.8, 4) is 0 Å². The Kier molecular flexibility index (Phi) is 5.68. The molecule has 0 aromatic heterocycles. The first-order valence-electron chi connectivity index (χ1n) is 8.83. The molecule has 6 nitrogen and oxygen atoms in total. The fourth-order valence-electron chi connectivity index (χ4n) is 3.64. The zero-order chi connectivity index (χ0) is 15.4. The second-order valence-corrected chi connectivity index (χ2v) is 6.95. The fraction of sp³-hybridized carbons (Fsp3) is 0.938. The van der Waals surface area contributed by atoms with Crippen molar-refractivity contribution in [2.45, 2.75) is 37.8 Å². The van der Waals surface area contributed by atoms with Gasteiger partial charge in [-0.2, -0.15) is 0 Å². The van der Waals surface area contributed by atoms with Crippen LogP contribution >= 0.6 is 0 Å². The molecular formula is C16H30N4O2. The Morgan fingerprint density at radius 1 is 0.955 bits per heavy atom. The average Bonchev–Trinajstić information content (AvgIpc) is 3.35. The highest BCUT2D eigenvalue weighted by molar-refractivity contribution is 5.78. The first-order chi connectivity index (χ1) is 10.7. The van der Waals surface area contributed by atoms with E-state index in [1.807, 2.05) is 0 Å². The molecule has 0 bridgehead atoms. The topological polar surface area (TPSA) is 59.1 Å². The highest BCUT2D eigenvalue weighted by Gasteiger charge is 2.32. The Labute approximate surface area is 133 Å². The number of rotatable bonds is 6. The summed E-state index contributed by atoms with van der Waals surface area (Å²) in [4.78, 5) is 19.3. The van der Waals surface area contributed by atoms with Gasteiger partial charge in [-0.1, -0.05) is 0 Å². The molecule has 0 aromatic rings. The molecule has 22 heavy (non-hydrogen) atoms. The van der Waals surface area contributed by atoms with E-state index in [1.54, 1.807) is 0 Å². The number of nitrogens with zero attached hydrogens (tertiary/aromatic N) is 3. The molecule has 0 atom stereocenters. The number of piperazine rings is 1. The number of hydrogen-bond acceptors (Lipinski definition) is 5. The maximum atomic E-state index is 12.2. The molecule has 0 radical (unpaired) electrons. The predicted octanol–water partition coefficient (Wildman–Crippen LogP) is -0.661. The smallest absolute Gasteiger partial charge is 0.234 e. The molecule has 2 heterocycles. The summed E-state index contributed by atoms with van der Waals surface area (Å²) >= 11 is 0. The van der Waals surface area contributed by atoms with E-state index in [0.29, 0.717) is 12.6 Å². The Balaban J connectivity index is 1.31. The van der Waals surface area contributed by atoms with Crippen LogP contribution in [0.5, 0.6) is 0 Å². The minimum atomic E-state index is 0.181. The number of amides is 1. The van der Waals surface area contributed by atoms with E-state index in [1.165, 1.54) is 12.8 Å². The lowest BCUT2D eigenvalue weighted by Crippen LogP contribution is -2.52. The van der Waals surface area contributed by atoms with Crippen LogP contribution in [0.3, 0.4) is 0 Å². The summed E-state index contributed by atoms with van der Waals surface area (Å²) in [6, 6.07) is 1.23. The molecule has 3 rings (SSSR count).